The second-order valence-electron chi connectivity index (χ2n) is 11.7. The molecule has 11 rings (SSSR count). The van der Waals surface area contributed by atoms with Crippen LogP contribution in [-0.2, 0) is 0 Å². The highest BCUT2D eigenvalue weighted by Crippen LogP contribution is 2.46. The number of benzene rings is 6. The molecule has 0 aliphatic carbocycles. The average Bonchev–Trinajstić information content (AvgIpc) is 3.75. The van der Waals surface area contributed by atoms with Crippen molar-refractivity contribution in [2.45, 2.75) is 0 Å². The zero-order valence-electron chi connectivity index (χ0n) is 23.7. The monoisotopic (exact) mass is 592 g/mol. The molecule has 0 atom stereocenters. The first-order valence-corrected chi connectivity index (χ1v) is 15.8. The van der Waals surface area contributed by atoms with Gasteiger partial charge in [0.05, 0.1) is 22.1 Å². The molecule has 0 amide bonds. The summed E-state index contributed by atoms with van der Waals surface area (Å²) in [5.41, 5.74) is 5.24. The van der Waals surface area contributed by atoms with Crippen LogP contribution < -0.4 is 0 Å². The molecule has 0 saturated heterocycles. The van der Waals surface area contributed by atoms with E-state index in [-0.39, 0.29) is 0 Å². The molecule has 5 aromatic heterocycles. The topological polar surface area (TPSA) is 56.7 Å². The van der Waals surface area contributed by atoms with Gasteiger partial charge in [0, 0.05) is 59.7 Å². The summed E-state index contributed by atoms with van der Waals surface area (Å²) in [5, 5.41) is 11.6. The SMILES string of the molecule is c1cncc(-c2nc(-n3c4cccc5ccc6c7sc8ccccc8c7cc3c6c54)nc3oc4cc5ccccc5cc4c23)c1. The highest BCUT2D eigenvalue weighted by Gasteiger charge is 2.24. The van der Waals surface area contributed by atoms with Gasteiger partial charge in [0.2, 0.25) is 11.7 Å². The van der Waals surface area contributed by atoms with Gasteiger partial charge in [-0.25, -0.2) is 4.98 Å². The quantitative estimate of drug-likeness (QED) is 0.187. The van der Waals surface area contributed by atoms with Gasteiger partial charge in [0.25, 0.3) is 0 Å². The van der Waals surface area contributed by atoms with Crippen LogP contribution >= 0.6 is 11.3 Å². The maximum absolute atomic E-state index is 6.57. The first kappa shape index (κ1) is 23.6. The second-order valence-corrected chi connectivity index (χ2v) is 12.7. The lowest BCUT2D eigenvalue weighted by Crippen LogP contribution is -2.03. The van der Waals surface area contributed by atoms with Gasteiger partial charge in [-0.2, -0.15) is 4.98 Å². The minimum absolute atomic E-state index is 0.561. The summed E-state index contributed by atoms with van der Waals surface area (Å²) in [4.78, 5) is 15.0. The molecule has 0 aliphatic rings. The summed E-state index contributed by atoms with van der Waals surface area (Å²) in [6.07, 6.45) is 3.66. The summed E-state index contributed by atoms with van der Waals surface area (Å²) >= 11 is 1.86. The number of pyridine rings is 1. The van der Waals surface area contributed by atoms with Crippen LogP contribution in [0.15, 0.2) is 126 Å². The van der Waals surface area contributed by atoms with E-state index >= 15 is 0 Å². The van der Waals surface area contributed by atoms with E-state index in [1.807, 2.05) is 23.6 Å². The summed E-state index contributed by atoms with van der Waals surface area (Å²) in [5.74, 6) is 0.578. The van der Waals surface area contributed by atoms with Crippen molar-refractivity contribution < 1.29 is 4.42 Å². The molecule has 0 saturated carbocycles. The van der Waals surface area contributed by atoms with E-state index < -0.39 is 0 Å². The first-order valence-electron chi connectivity index (χ1n) is 14.9. The van der Waals surface area contributed by atoms with Crippen LogP contribution in [0.25, 0.3) is 103 Å². The predicted molar refractivity (Wildman–Crippen MR) is 186 cm³/mol. The van der Waals surface area contributed by atoms with Gasteiger partial charge in [-0.15, -0.1) is 11.3 Å². The van der Waals surface area contributed by atoms with Crippen LogP contribution in [0, 0.1) is 0 Å². The Morgan fingerprint density at radius 1 is 0.600 bits per heavy atom. The summed E-state index contributed by atoms with van der Waals surface area (Å²) in [6, 6.07) is 38.7. The van der Waals surface area contributed by atoms with Crippen molar-refractivity contribution in [3.8, 4) is 17.2 Å². The summed E-state index contributed by atoms with van der Waals surface area (Å²) in [6.45, 7) is 0. The van der Waals surface area contributed by atoms with Crippen LogP contribution in [0.4, 0.5) is 0 Å². The van der Waals surface area contributed by atoms with Gasteiger partial charge in [0.15, 0.2) is 0 Å². The van der Waals surface area contributed by atoms with Gasteiger partial charge >= 0.3 is 0 Å². The maximum Gasteiger partial charge on any atom is 0.238 e. The molecule has 45 heavy (non-hydrogen) atoms. The zero-order chi connectivity index (χ0) is 29.2. The van der Waals surface area contributed by atoms with E-state index in [1.165, 1.54) is 41.7 Å². The predicted octanol–water partition coefficient (Wildman–Crippen LogP) is 10.6. The summed E-state index contributed by atoms with van der Waals surface area (Å²) in [7, 11) is 0. The smallest absolute Gasteiger partial charge is 0.238 e. The Morgan fingerprint density at radius 3 is 2.38 bits per heavy atom. The van der Waals surface area contributed by atoms with E-state index in [2.05, 4.69) is 113 Å². The minimum Gasteiger partial charge on any atom is -0.437 e. The van der Waals surface area contributed by atoms with Crippen LogP contribution in [0.1, 0.15) is 0 Å². The van der Waals surface area contributed by atoms with Crippen molar-refractivity contribution in [2.24, 2.45) is 0 Å². The van der Waals surface area contributed by atoms with Crippen LogP contribution in [0.2, 0.25) is 0 Å². The number of fused-ring (bicyclic) bond motifs is 8. The Hall–Kier alpha value is -5.85. The van der Waals surface area contributed by atoms with Crippen molar-refractivity contribution in [1.82, 2.24) is 19.5 Å². The molecule has 0 spiro atoms. The molecule has 5 nitrogen and oxygen atoms in total. The third-order valence-electron chi connectivity index (χ3n) is 9.24. The molecule has 208 valence electrons. The van der Waals surface area contributed by atoms with Crippen LogP contribution in [0.3, 0.4) is 0 Å². The lowest BCUT2D eigenvalue weighted by Gasteiger charge is -2.09. The molecule has 5 heterocycles. The Kier molecular flexibility index (Phi) is 4.41. The van der Waals surface area contributed by atoms with Crippen molar-refractivity contribution in [2.75, 3.05) is 0 Å². The van der Waals surface area contributed by atoms with Crippen molar-refractivity contribution in [3.63, 3.8) is 0 Å². The van der Waals surface area contributed by atoms with E-state index in [0.29, 0.717) is 11.7 Å². The number of thiophene rings is 1. The van der Waals surface area contributed by atoms with Gasteiger partial charge in [0.1, 0.15) is 5.58 Å². The number of hydrogen-bond donors (Lipinski definition) is 0. The minimum atomic E-state index is 0.561. The molecule has 6 aromatic carbocycles. The fraction of sp³-hybridized carbons (Fsp3) is 0. The van der Waals surface area contributed by atoms with E-state index in [4.69, 9.17) is 14.4 Å². The lowest BCUT2D eigenvalue weighted by atomic mass is 10.00. The molecular weight excluding hydrogens is 573 g/mol. The van der Waals surface area contributed by atoms with Crippen molar-refractivity contribution in [3.05, 3.63) is 122 Å². The molecule has 0 aliphatic heterocycles. The Bertz CT molecular complexity index is 2990. The number of aromatic nitrogens is 4. The highest BCUT2D eigenvalue weighted by molar-refractivity contribution is 7.26. The molecule has 11 aromatic rings. The van der Waals surface area contributed by atoms with E-state index in [1.54, 1.807) is 6.20 Å². The normalized spacial score (nSPS) is 12.4. The molecule has 0 N–H and O–H groups in total. The van der Waals surface area contributed by atoms with E-state index in [9.17, 15) is 0 Å². The fourth-order valence-electron chi connectivity index (χ4n) is 7.30. The third kappa shape index (κ3) is 3.08. The van der Waals surface area contributed by atoms with Crippen LogP contribution in [-0.4, -0.2) is 19.5 Å². The molecule has 6 heteroatoms. The number of nitrogens with zero attached hydrogens (tertiary/aromatic N) is 4. The fourth-order valence-corrected chi connectivity index (χ4v) is 8.51. The van der Waals surface area contributed by atoms with Gasteiger partial charge < -0.3 is 4.42 Å². The number of furan rings is 1. The lowest BCUT2D eigenvalue weighted by molar-refractivity contribution is 0.652. The van der Waals surface area contributed by atoms with E-state index in [0.717, 1.165) is 49.4 Å². The Balaban J connectivity index is 1.32. The highest BCUT2D eigenvalue weighted by atomic mass is 32.1. The average molecular weight is 593 g/mol. The molecular formula is C39H20N4OS. The maximum atomic E-state index is 6.57. The first-order chi connectivity index (χ1) is 22.3. The second kappa shape index (κ2) is 8.40. The van der Waals surface area contributed by atoms with Gasteiger partial charge in [-0.1, -0.05) is 66.7 Å². The number of hydrogen-bond acceptors (Lipinski definition) is 5. The zero-order valence-corrected chi connectivity index (χ0v) is 24.5. The molecule has 0 bridgehead atoms. The third-order valence-corrected chi connectivity index (χ3v) is 10.5. The summed E-state index contributed by atoms with van der Waals surface area (Å²) < 4.78 is 11.4. The Labute approximate surface area is 258 Å². The molecule has 0 unspecified atom stereocenters. The molecule has 0 fully saturated rings. The van der Waals surface area contributed by atoms with Gasteiger partial charge in [-0.3, -0.25) is 9.55 Å². The number of rotatable bonds is 2. The van der Waals surface area contributed by atoms with Crippen molar-refractivity contribution in [1.29, 1.82) is 0 Å². The Morgan fingerprint density at radius 2 is 1.47 bits per heavy atom. The van der Waals surface area contributed by atoms with Crippen LogP contribution in [0.5, 0.6) is 0 Å². The van der Waals surface area contributed by atoms with Crippen molar-refractivity contribution >= 4 is 96.9 Å². The van der Waals surface area contributed by atoms with Gasteiger partial charge in [-0.05, 0) is 58.6 Å². The largest absolute Gasteiger partial charge is 0.437 e. The molecule has 0 radical (unpaired) electrons. The standard InChI is InChI=1S/C39H20N4OS/c1-2-8-23-18-31-28(17-22(23)7-1)35-36(24-10-6-16-40-20-24)41-39(42-38(35)44-31)43-29-12-5-9-21-14-15-26-34(33(21)29)30(43)19-27-25-11-3-4-13-32(25)45-37(26)27/h1-20H.